The highest BCUT2D eigenvalue weighted by Crippen LogP contribution is 2.54. The number of ether oxygens (including phenoxy) is 1. The average Bonchev–Trinajstić information content (AvgIpc) is 3.30. The number of nitrogens with zero attached hydrogens (tertiary/aromatic N) is 6. The molecule has 47 heavy (non-hydrogen) atoms. The van der Waals surface area contributed by atoms with Gasteiger partial charge in [0.25, 0.3) is 0 Å². The minimum Gasteiger partial charge on any atom is -0.462 e. The molecule has 2 saturated heterocycles. The Bertz CT molecular complexity index is 1910. The van der Waals surface area contributed by atoms with Crippen molar-refractivity contribution in [2.24, 2.45) is 5.41 Å². The molecule has 15 heteroatoms. The van der Waals surface area contributed by atoms with Crippen LogP contribution in [0.3, 0.4) is 0 Å². The lowest BCUT2D eigenvalue weighted by molar-refractivity contribution is -0.137. The summed E-state index contributed by atoms with van der Waals surface area (Å²) in [6.45, 7) is 4.46. The number of anilines is 2. The van der Waals surface area contributed by atoms with E-state index in [2.05, 4.69) is 26.4 Å². The summed E-state index contributed by atoms with van der Waals surface area (Å²) in [5.74, 6) is -1.09. The Morgan fingerprint density at radius 2 is 1.98 bits per heavy atom. The van der Waals surface area contributed by atoms with Crippen LogP contribution in [0.1, 0.15) is 24.8 Å². The van der Waals surface area contributed by atoms with E-state index in [0.29, 0.717) is 5.41 Å². The summed E-state index contributed by atoms with van der Waals surface area (Å²) in [6, 6.07) is 3.60. The van der Waals surface area contributed by atoms with Gasteiger partial charge in [-0.25, -0.2) is 13.8 Å². The van der Waals surface area contributed by atoms with Crippen LogP contribution in [0.2, 0.25) is 0 Å². The summed E-state index contributed by atoms with van der Waals surface area (Å²) >= 11 is 0.839. The van der Waals surface area contributed by atoms with E-state index in [9.17, 15) is 22.4 Å². The van der Waals surface area contributed by atoms with Crippen LogP contribution in [-0.2, 0) is 11.0 Å². The zero-order chi connectivity index (χ0) is 33.4. The summed E-state index contributed by atoms with van der Waals surface area (Å²) in [5, 5.41) is 0.0106. The molecule has 7 rings (SSSR count). The van der Waals surface area contributed by atoms with Crippen molar-refractivity contribution in [1.82, 2.24) is 24.8 Å². The van der Waals surface area contributed by atoms with Crippen LogP contribution in [0, 0.1) is 11.2 Å². The Kier molecular flexibility index (Phi) is 7.54. The minimum absolute atomic E-state index is 0.00249. The number of likely N-dealkylation sites (tertiary alicyclic amines) is 2. The van der Waals surface area contributed by atoms with Crippen LogP contribution in [0.25, 0.3) is 32.2 Å². The van der Waals surface area contributed by atoms with Crippen LogP contribution < -0.4 is 15.4 Å². The van der Waals surface area contributed by atoms with E-state index in [1.165, 1.54) is 29.0 Å². The first-order valence-electron chi connectivity index (χ1n) is 15.2. The quantitative estimate of drug-likeness (QED) is 0.198. The first-order valence-corrected chi connectivity index (χ1v) is 16.0. The standard InChI is InChI=1S/C32H32F5N7O2S/c1-4-25(45)44-12-22(34)24(13-44)43(3)28-19-9-20(32(35,36)37)18(17-5-6-21(33)27-26(17)40-29(38)47-27)10-23(19)39-30(41-28)46-14-16-11-31(7-8-31)15-42(16)2/h4-6,9-10,16,22,24H,1,7-8,11-15H2,2-3H3,(H2,38,40)/t16-,22+,24-/m0/s1. The van der Waals surface area contributed by atoms with Gasteiger partial charge in [0.2, 0.25) is 5.91 Å². The van der Waals surface area contributed by atoms with Crippen LogP contribution in [0.15, 0.2) is 36.9 Å². The Morgan fingerprint density at radius 3 is 2.66 bits per heavy atom. The zero-order valence-corrected chi connectivity index (χ0v) is 26.5. The van der Waals surface area contributed by atoms with Crippen molar-refractivity contribution in [1.29, 1.82) is 0 Å². The van der Waals surface area contributed by atoms with Gasteiger partial charge in [-0.15, -0.1) is 0 Å². The molecule has 2 aliphatic heterocycles. The second kappa shape index (κ2) is 11.3. The molecule has 0 unspecified atom stereocenters. The van der Waals surface area contributed by atoms with Crippen molar-refractivity contribution in [2.75, 3.05) is 51.0 Å². The zero-order valence-electron chi connectivity index (χ0n) is 25.7. The number of nitrogens with two attached hydrogens (primary N) is 1. The maximum absolute atomic E-state index is 15.4. The molecule has 1 spiro atoms. The van der Waals surface area contributed by atoms with Gasteiger partial charge in [0.1, 0.15) is 24.4 Å². The minimum atomic E-state index is -4.86. The highest BCUT2D eigenvalue weighted by atomic mass is 32.1. The van der Waals surface area contributed by atoms with E-state index in [4.69, 9.17) is 10.5 Å². The topological polar surface area (TPSA) is 101 Å². The normalized spacial score (nSPS) is 22.4. The van der Waals surface area contributed by atoms with Gasteiger partial charge in [-0.2, -0.15) is 23.1 Å². The van der Waals surface area contributed by atoms with Crippen LogP contribution in [0.4, 0.5) is 32.9 Å². The monoisotopic (exact) mass is 673 g/mol. The van der Waals surface area contributed by atoms with Gasteiger partial charge in [-0.1, -0.05) is 17.9 Å². The van der Waals surface area contributed by atoms with E-state index in [1.54, 1.807) is 0 Å². The number of carbonyl (C=O) groups is 1. The molecule has 2 aromatic carbocycles. The van der Waals surface area contributed by atoms with Gasteiger partial charge in [0, 0.05) is 37.1 Å². The van der Waals surface area contributed by atoms with E-state index in [0.717, 1.165) is 55.4 Å². The first-order chi connectivity index (χ1) is 22.3. The number of thiazole rings is 1. The van der Waals surface area contributed by atoms with Crippen LogP contribution in [-0.4, -0.2) is 89.3 Å². The largest absolute Gasteiger partial charge is 0.462 e. The predicted molar refractivity (Wildman–Crippen MR) is 170 cm³/mol. The summed E-state index contributed by atoms with van der Waals surface area (Å²) in [6.07, 6.45) is -1.99. The summed E-state index contributed by atoms with van der Waals surface area (Å²) in [5.41, 5.74) is 4.95. The maximum atomic E-state index is 15.4. The van der Waals surface area contributed by atoms with Gasteiger partial charge >= 0.3 is 12.2 Å². The molecule has 4 heterocycles. The molecule has 1 amide bonds. The Labute approximate surface area is 270 Å². The summed E-state index contributed by atoms with van der Waals surface area (Å²) in [7, 11) is 3.55. The summed E-state index contributed by atoms with van der Waals surface area (Å²) < 4.78 is 80.5. The third kappa shape index (κ3) is 5.62. The van der Waals surface area contributed by atoms with E-state index >= 15 is 4.39 Å². The average molecular weight is 674 g/mol. The molecule has 0 bridgehead atoms. The SMILES string of the molecule is C=CC(=O)N1C[C@@H](F)[C@@H](N(C)c2nc(OC[C@@H]3CC4(CC4)CN3C)nc3cc(-c4ccc(F)c5sc(N)nc45)c(C(F)(F)F)cc23)C1. The molecule has 2 N–H and O–H groups in total. The van der Waals surface area contributed by atoms with Gasteiger partial charge in [0.15, 0.2) is 5.13 Å². The van der Waals surface area contributed by atoms with Crippen molar-refractivity contribution >= 4 is 49.3 Å². The number of hydrogen-bond donors (Lipinski definition) is 1. The highest BCUT2D eigenvalue weighted by molar-refractivity contribution is 7.22. The Balaban J connectivity index is 1.36. The number of amides is 1. The molecule has 9 nitrogen and oxygen atoms in total. The second-order valence-corrected chi connectivity index (χ2v) is 13.8. The number of carbonyl (C=O) groups excluding carboxylic acids is 1. The molecule has 3 fully saturated rings. The molecule has 248 valence electrons. The Morgan fingerprint density at radius 1 is 1.21 bits per heavy atom. The third-order valence-electron chi connectivity index (χ3n) is 9.68. The number of likely N-dealkylation sites (N-methyl/N-ethyl adjacent to an activating group) is 2. The fourth-order valence-corrected chi connectivity index (χ4v) is 7.76. The number of fused-ring (bicyclic) bond motifs is 2. The Hall–Kier alpha value is -4.11. The molecule has 2 aromatic heterocycles. The molecule has 1 aliphatic carbocycles. The number of halogens is 5. The molecular weight excluding hydrogens is 641 g/mol. The van der Waals surface area contributed by atoms with Crippen LogP contribution >= 0.6 is 11.3 Å². The smallest absolute Gasteiger partial charge is 0.417 e. The molecule has 3 aliphatic rings. The molecule has 1 saturated carbocycles. The first kappa shape index (κ1) is 31.5. The number of aromatic nitrogens is 3. The summed E-state index contributed by atoms with van der Waals surface area (Å²) in [4.78, 5) is 30.5. The highest BCUT2D eigenvalue weighted by Gasteiger charge is 2.51. The third-order valence-corrected chi connectivity index (χ3v) is 10.6. The lowest BCUT2D eigenvalue weighted by Crippen LogP contribution is -2.40. The fourth-order valence-electron chi connectivity index (χ4n) is 6.99. The molecule has 0 radical (unpaired) electrons. The molecular formula is C32H32F5N7O2S. The van der Waals surface area contributed by atoms with Crippen molar-refractivity contribution in [3.63, 3.8) is 0 Å². The van der Waals surface area contributed by atoms with Gasteiger partial charge in [-0.3, -0.25) is 9.69 Å². The number of rotatable bonds is 7. The molecule has 3 atom stereocenters. The predicted octanol–water partition coefficient (Wildman–Crippen LogP) is 5.68. The lowest BCUT2D eigenvalue weighted by Gasteiger charge is -2.28. The number of nitrogen functional groups attached to an aromatic ring is 1. The van der Waals surface area contributed by atoms with Gasteiger partial charge < -0.3 is 20.3 Å². The number of benzene rings is 2. The second-order valence-electron chi connectivity index (χ2n) is 12.8. The van der Waals surface area contributed by atoms with Gasteiger partial charge in [-0.05, 0) is 67.6 Å². The fraction of sp³-hybridized carbons (Fsp3) is 0.438. The van der Waals surface area contributed by atoms with E-state index < -0.39 is 35.7 Å². The molecule has 4 aromatic rings. The maximum Gasteiger partial charge on any atom is 0.417 e. The van der Waals surface area contributed by atoms with Gasteiger partial charge in [0.05, 0.1) is 33.9 Å². The van der Waals surface area contributed by atoms with Crippen molar-refractivity contribution < 1.29 is 31.5 Å². The van der Waals surface area contributed by atoms with Crippen LogP contribution in [0.5, 0.6) is 6.01 Å². The van der Waals surface area contributed by atoms with Crippen molar-refractivity contribution in [3.05, 3.63) is 48.3 Å². The van der Waals surface area contributed by atoms with E-state index in [1.807, 2.05) is 7.05 Å². The lowest BCUT2D eigenvalue weighted by atomic mass is 9.96. The van der Waals surface area contributed by atoms with Crippen molar-refractivity contribution in [3.8, 4) is 17.1 Å². The number of hydrogen-bond acceptors (Lipinski definition) is 9. The van der Waals surface area contributed by atoms with E-state index in [-0.39, 0.29) is 74.9 Å². The van der Waals surface area contributed by atoms with Crippen molar-refractivity contribution in [2.45, 2.75) is 43.7 Å². The number of alkyl halides is 4.